The lowest BCUT2D eigenvalue weighted by molar-refractivity contribution is 0.0378. The van der Waals surface area contributed by atoms with Gasteiger partial charge in [0.1, 0.15) is 5.82 Å². The third kappa shape index (κ3) is 5.78. The molecule has 0 amide bonds. The number of ether oxygens (including phenoxy) is 1. The van der Waals surface area contributed by atoms with Crippen LogP contribution in [-0.2, 0) is 17.4 Å². The van der Waals surface area contributed by atoms with E-state index in [0.29, 0.717) is 16.3 Å². The Hall–Kier alpha value is -3.75. The van der Waals surface area contributed by atoms with E-state index >= 15 is 0 Å². The predicted octanol–water partition coefficient (Wildman–Crippen LogP) is 6.02. The molecule has 0 radical (unpaired) electrons. The number of aryl methyl sites for hydroxylation is 2. The molecule has 7 nitrogen and oxygen atoms in total. The van der Waals surface area contributed by atoms with E-state index in [2.05, 4.69) is 58.5 Å². The second kappa shape index (κ2) is 12.2. The fourth-order valence-electron chi connectivity index (χ4n) is 5.80. The normalized spacial score (nSPS) is 15.5. The topological polar surface area (TPSA) is 75.4 Å². The van der Waals surface area contributed by atoms with Crippen molar-refractivity contribution in [3.8, 4) is 11.1 Å². The van der Waals surface area contributed by atoms with Crippen LogP contribution in [0.1, 0.15) is 28.8 Å². The highest BCUT2D eigenvalue weighted by molar-refractivity contribution is 6.30. The summed E-state index contributed by atoms with van der Waals surface area (Å²) in [4.78, 5) is 11.8. The predicted molar refractivity (Wildman–Crippen MR) is 169 cm³/mol. The molecule has 1 atom stereocenters. The van der Waals surface area contributed by atoms with Crippen LogP contribution < -0.4 is 5.32 Å². The van der Waals surface area contributed by atoms with Gasteiger partial charge in [-0.25, -0.2) is 9.97 Å². The lowest BCUT2D eigenvalue weighted by atomic mass is 9.82. The molecule has 1 saturated heterocycles. The summed E-state index contributed by atoms with van der Waals surface area (Å²) in [5.41, 5.74) is 4.84. The van der Waals surface area contributed by atoms with Crippen molar-refractivity contribution in [3.63, 3.8) is 0 Å². The van der Waals surface area contributed by atoms with Crippen molar-refractivity contribution in [2.24, 2.45) is 7.05 Å². The molecule has 0 saturated carbocycles. The van der Waals surface area contributed by atoms with Crippen LogP contribution >= 0.6 is 11.6 Å². The van der Waals surface area contributed by atoms with Crippen LogP contribution in [0.2, 0.25) is 5.02 Å². The van der Waals surface area contributed by atoms with Gasteiger partial charge in [-0.1, -0.05) is 59.6 Å². The molecule has 2 aromatic heterocycles. The van der Waals surface area contributed by atoms with Crippen LogP contribution in [0.4, 0.5) is 5.82 Å². The standard InChI is InChI=1S/C34H36ClN5O2/c1-24-5-3-6-25(19-24)29-21-33(37-13-4-14-40-15-17-42-18-16-40)38-31-12-9-27(20-30(29)31)34(41,32-22-36-23-39(32)2)26-7-10-28(35)11-8-26/h3,5-12,19-23,41H,4,13-18H2,1-2H3,(H,37,38). The van der Waals surface area contributed by atoms with Crippen molar-refractivity contribution < 1.29 is 9.84 Å². The number of nitrogens with one attached hydrogen (secondary N) is 1. The van der Waals surface area contributed by atoms with E-state index in [1.54, 1.807) is 24.7 Å². The van der Waals surface area contributed by atoms with E-state index in [1.165, 1.54) is 5.56 Å². The summed E-state index contributed by atoms with van der Waals surface area (Å²) in [5, 5.41) is 17.6. The van der Waals surface area contributed by atoms with Crippen molar-refractivity contribution in [3.05, 3.63) is 113 Å². The highest BCUT2D eigenvalue weighted by Gasteiger charge is 2.37. The molecular weight excluding hydrogens is 546 g/mol. The summed E-state index contributed by atoms with van der Waals surface area (Å²) >= 11 is 6.22. The molecule has 2 N–H and O–H groups in total. The van der Waals surface area contributed by atoms with Gasteiger partial charge in [0.25, 0.3) is 0 Å². The number of hydrogen-bond donors (Lipinski definition) is 2. The summed E-state index contributed by atoms with van der Waals surface area (Å²) in [6.45, 7) is 7.59. The number of imidazole rings is 1. The van der Waals surface area contributed by atoms with Gasteiger partial charge < -0.3 is 19.7 Å². The highest BCUT2D eigenvalue weighted by Crippen LogP contribution is 2.40. The molecule has 0 spiro atoms. The number of anilines is 1. The Labute approximate surface area is 251 Å². The zero-order chi connectivity index (χ0) is 29.1. The number of pyridine rings is 1. The van der Waals surface area contributed by atoms with E-state index in [4.69, 9.17) is 21.3 Å². The minimum absolute atomic E-state index is 0.612. The molecule has 3 aromatic carbocycles. The quantitative estimate of drug-likeness (QED) is 0.208. The molecule has 0 aliphatic carbocycles. The zero-order valence-electron chi connectivity index (χ0n) is 24.1. The van der Waals surface area contributed by atoms with Gasteiger partial charge in [0, 0.05) is 37.1 Å². The Kier molecular flexibility index (Phi) is 8.27. The number of aromatic nitrogens is 3. The van der Waals surface area contributed by atoms with Gasteiger partial charge in [0.2, 0.25) is 0 Å². The number of aliphatic hydroxyl groups is 1. The molecule has 5 aromatic rings. The lowest BCUT2D eigenvalue weighted by Crippen LogP contribution is -2.37. The third-order valence-corrected chi connectivity index (χ3v) is 8.32. The van der Waals surface area contributed by atoms with Gasteiger partial charge in [-0.15, -0.1) is 0 Å². The number of nitrogens with zero attached hydrogens (tertiary/aromatic N) is 4. The van der Waals surface area contributed by atoms with Crippen LogP contribution in [0.3, 0.4) is 0 Å². The minimum Gasteiger partial charge on any atom is -0.379 e. The Balaban J connectivity index is 1.41. The second-order valence-corrected chi connectivity index (χ2v) is 11.4. The van der Waals surface area contributed by atoms with Gasteiger partial charge in [-0.3, -0.25) is 4.90 Å². The number of hydrogen-bond acceptors (Lipinski definition) is 6. The average molecular weight is 582 g/mol. The summed E-state index contributed by atoms with van der Waals surface area (Å²) in [5.74, 6) is 0.841. The van der Waals surface area contributed by atoms with Crippen molar-refractivity contribution in [1.29, 1.82) is 0 Å². The molecule has 1 unspecified atom stereocenters. The number of fused-ring (bicyclic) bond motifs is 1. The Morgan fingerprint density at radius 1 is 1.00 bits per heavy atom. The molecular formula is C34H36ClN5O2. The number of benzene rings is 3. The van der Waals surface area contributed by atoms with Gasteiger partial charge in [-0.2, -0.15) is 0 Å². The zero-order valence-corrected chi connectivity index (χ0v) is 24.8. The fraction of sp³-hybridized carbons (Fsp3) is 0.294. The van der Waals surface area contributed by atoms with E-state index in [9.17, 15) is 5.11 Å². The number of rotatable bonds is 9. The van der Waals surface area contributed by atoms with E-state index in [0.717, 1.165) is 79.2 Å². The molecule has 3 heterocycles. The average Bonchev–Trinajstić information content (AvgIpc) is 3.45. The maximum absolute atomic E-state index is 12.5. The Morgan fingerprint density at radius 2 is 1.79 bits per heavy atom. The maximum atomic E-state index is 12.5. The van der Waals surface area contributed by atoms with Crippen LogP contribution in [0, 0.1) is 6.92 Å². The first-order valence-corrected chi connectivity index (χ1v) is 14.8. The molecule has 1 aliphatic heterocycles. The van der Waals surface area contributed by atoms with E-state index in [-0.39, 0.29) is 0 Å². The number of morpholine rings is 1. The van der Waals surface area contributed by atoms with Crippen molar-refractivity contribution in [1.82, 2.24) is 19.4 Å². The maximum Gasteiger partial charge on any atom is 0.156 e. The molecule has 1 aliphatic rings. The molecule has 216 valence electrons. The summed E-state index contributed by atoms with van der Waals surface area (Å²) in [6.07, 6.45) is 4.44. The summed E-state index contributed by atoms with van der Waals surface area (Å²) in [7, 11) is 1.89. The third-order valence-electron chi connectivity index (χ3n) is 8.07. The van der Waals surface area contributed by atoms with Gasteiger partial charge in [-0.05, 0) is 72.5 Å². The first-order valence-electron chi connectivity index (χ1n) is 14.4. The first kappa shape index (κ1) is 28.4. The SMILES string of the molecule is Cc1cccc(-c2cc(NCCCN3CCOCC3)nc3ccc(C(O)(c4ccc(Cl)cc4)c4cncn4C)cc23)c1. The van der Waals surface area contributed by atoms with Crippen LogP contribution in [0.15, 0.2) is 85.3 Å². The lowest BCUT2D eigenvalue weighted by Gasteiger charge is -2.30. The summed E-state index contributed by atoms with van der Waals surface area (Å²) < 4.78 is 7.32. The van der Waals surface area contributed by atoms with E-state index in [1.807, 2.05) is 35.9 Å². The molecule has 42 heavy (non-hydrogen) atoms. The first-order chi connectivity index (χ1) is 20.4. The van der Waals surface area contributed by atoms with Crippen molar-refractivity contribution in [2.75, 3.05) is 44.7 Å². The second-order valence-electron chi connectivity index (χ2n) is 11.0. The fourth-order valence-corrected chi connectivity index (χ4v) is 5.92. The molecule has 1 fully saturated rings. The van der Waals surface area contributed by atoms with Crippen molar-refractivity contribution >= 4 is 28.3 Å². The van der Waals surface area contributed by atoms with Crippen LogP contribution in [-0.4, -0.2) is 63.9 Å². The van der Waals surface area contributed by atoms with Crippen molar-refractivity contribution in [2.45, 2.75) is 18.9 Å². The van der Waals surface area contributed by atoms with Crippen LogP contribution in [0.25, 0.3) is 22.0 Å². The van der Waals surface area contributed by atoms with E-state index < -0.39 is 5.60 Å². The smallest absolute Gasteiger partial charge is 0.156 e. The largest absolute Gasteiger partial charge is 0.379 e. The Morgan fingerprint density at radius 3 is 2.52 bits per heavy atom. The van der Waals surface area contributed by atoms with Gasteiger partial charge in [0.15, 0.2) is 5.60 Å². The Bertz CT molecular complexity index is 1680. The summed E-state index contributed by atoms with van der Waals surface area (Å²) in [6, 6.07) is 24.0. The molecule has 8 heteroatoms. The highest BCUT2D eigenvalue weighted by atomic mass is 35.5. The molecule has 0 bridgehead atoms. The van der Waals surface area contributed by atoms with Gasteiger partial charge >= 0.3 is 0 Å². The molecule has 6 rings (SSSR count). The van der Waals surface area contributed by atoms with Crippen LogP contribution in [0.5, 0.6) is 0 Å². The number of halogens is 1. The minimum atomic E-state index is -1.45. The monoisotopic (exact) mass is 581 g/mol. The van der Waals surface area contributed by atoms with Gasteiger partial charge in [0.05, 0.1) is 36.9 Å².